The molecule has 2 fully saturated rings. The Kier molecular flexibility index (Phi) is 14.2. The minimum Gasteiger partial charge on any atom is -0.290 e. The van der Waals surface area contributed by atoms with Crippen LogP contribution < -0.4 is 0 Å². The van der Waals surface area contributed by atoms with Crippen LogP contribution in [0.15, 0.2) is 121 Å². The summed E-state index contributed by atoms with van der Waals surface area (Å²) in [4.78, 5) is 4.91. The summed E-state index contributed by atoms with van der Waals surface area (Å²) in [6.45, 7) is 8.06. The van der Waals surface area contributed by atoms with Gasteiger partial charge in [0.2, 0.25) is 0 Å². The van der Waals surface area contributed by atoms with Crippen LogP contribution in [-0.2, 0) is 9.84 Å². The fourth-order valence-corrected chi connectivity index (χ4v) is 9.86. The number of unbranched alkanes of at least 4 members (excludes halogenated alkanes) is 4. The Morgan fingerprint density at radius 1 is 0.562 bits per heavy atom. The molecule has 0 bridgehead atoms. The summed E-state index contributed by atoms with van der Waals surface area (Å²) in [5.74, 6) is 1.66. The quantitative estimate of drug-likeness (QED) is 0.110. The van der Waals surface area contributed by atoms with Crippen LogP contribution in [0.1, 0.15) is 86.7 Å². The molecule has 0 radical (unpaired) electrons. The number of thioether (sulfide) groups is 1. The molecule has 0 atom stereocenters. The standard InChI is InChI=1S/C21H27NO2S.C21H27NS/c1-2-3-10-15-25(23,24)20-16-22(17-20)21(18-11-6-4-7-12-18)19-13-8-5-9-14-19;1-2-3-10-15-23-20-16-22(17-20)21(18-11-6-4-7-12-18)19-13-8-5-9-14-19/h4-9,11-14,20-21H,2-3,10,15-17H2,1H3;4-9,11-14,20-21H,2-3,10,15-17H2,1H3. The van der Waals surface area contributed by atoms with Crippen molar-refractivity contribution in [3.63, 3.8) is 0 Å². The molecule has 2 aliphatic rings. The summed E-state index contributed by atoms with van der Waals surface area (Å²) in [6, 6.07) is 43.1. The van der Waals surface area contributed by atoms with Gasteiger partial charge < -0.3 is 0 Å². The Balaban J connectivity index is 0.000000188. The molecule has 4 nitrogen and oxygen atoms in total. The maximum atomic E-state index is 12.5. The monoisotopic (exact) mass is 682 g/mol. The molecule has 48 heavy (non-hydrogen) atoms. The fraction of sp³-hybridized carbons (Fsp3) is 0.429. The molecule has 6 heteroatoms. The molecule has 0 amide bonds. The first-order chi connectivity index (χ1) is 23.5. The van der Waals surface area contributed by atoms with E-state index in [0.29, 0.717) is 24.9 Å². The second kappa shape index (κ2) is 18.7. The summed E-state index contributed by atoms with van der Waals surface area (Å²) in [6.07, 6.45) is 6.90. The van der Waals surface area contributed by atoms with Crippen molar-refractivity contribution in [1.29, 1.82) is 0 Å². The fourth-order valence-electron chi connectivity index (χ4n) is 6.78. The Hall–Kier alpha value is -2.90. The van der Waals surface area contributed by atoms with Gasteiger partial charge in [-0.05, 0) is 40.8 Å². The third kappa shape index (κ3) is 10.1. The van der Waals surface area contributed by atoms with E-state index < -0.39 is 9.84 Å². The van der Waals surface area contributed by atoms with Gasteiger partial charge in [-0.15, -0.1) is 0 Å². The van der Waals surface area contributed by atoms with E-state index in [9.17, 15) is 8.42 Å². The van der Waals surface area contributed by atoms with Gasteiger partial charge in [0.15, 0.2) is 9.84 Å². The van der Waals surface area contributed by atoms with Gasteiger partial charge >= 0.3 is 0 Å². The molecule has 2 aliphatic heterocycles. The topological polar surface area (TPSA) is 40.6 Å². The zero-order chi connectivity index (χ0) is 33.6. The van der Waals surface area contributed by atoms with Crippen LogP contribution in [0.2, 0.25) is 0 Å². The lowest BCUT2D eigenvalue weighted by Crippen LogP contribution is -2.56. The maximum absolute atomic E-state index is 12.5. The van der Waals surface area contributed by atoms with E-state index in [4.69, 9.17) is 0 Å². The number of sulfone groups is 1. The zero-order valence-electron chi connectivity index (χ0n) is 28.9. The van der Waals surface area contributed by atoms with Gasteiger partial charge in [0.1, 0.15) is 0 Å². The number of nitrogens with zero attached hydrogens (tertiary/aromatic N) is 2. The van der Waals surface area contributed by atoms with Crippen molar-refractivity contribution in [3.05, 3.63) is 144 Å². The smallest absolute Gasteiger partial charge is 0.155 e. The first-order valence-corrected chi connectivity index (χ1v) is 20.8. The van der Waals surface area contributed by atoms with Gasteiger partial charge in [-0.3, -0.25) is 9.80 Å². The van der Waals surface area contributed by atoms with E-state index in [2.05, 4.69) is 120 Å². The summed E-state index contributed by atoms with van der Waals surface area (Å²) >= 11 is 2.17. The maximum Gasteiger partial charge on any atom is 0.155 e. The van der Waals surface area contributed by atoms with Crippen molar-refractivity contribution in [3.8, 4) is 0 Å². The normalized spacial score (nSPS) is 15.9. The molecular weight excluding hydrogens is 629 g/mol. The highest BCUT2D eigenvalue weighted by Crippen LogP contribution is 2.36. The number of hydrogen-bond acceptors (Lipinski definition) is 5. The van der Waals surface area contributed by atoms with Crippen molar-refractivity contribution in [2.24, 2.45) is 0 Å². The first kappa shape index (κ1) is 36.4. The molecule has 256 valence electrons. The van der Waals surface area contributed by atoms with Crippen molar-refractivity contribution in [2.45, 2.75) is 75.0 Å². The largest absolute Gasteiger partial charge is 0.290 e. The molecule has 4 aromatic carbocycles. The molecule has 0 saturated carbocycles. The average Bonchev–Trinajstić information content (AvgIpc) is 3.08. The minimum absolute atomic E-state index is 0.129. The highest BCUT2D eigenvalue weighted by atomic mass is 32.2. The van der Waals surface area contributed by atoms with E-state index in [1.165, 1.54) is 60.4 Å². The number of likely N-dealkylation sites (tertiary alicyclic amines) is 2. The predicted molar refractivity (Wildman–Crippen MR) is 205 cm³/mol. The SMILES string of the molecule is CCCCCS(=O)(=O)C1CN(C(c2ccccc2)c2ccccc2)C1.CCCCCSC1CN(C(c2ccccc2)c2ccccc2)C1. The van der Waals surface area contributed by atoms with E-state index in [1.807, 2.05) is 36.4 Å². The van der Waals surface area contributed by atoms with Crippen LogP contribution >= 0.6 is 11.8 Å². The molecular formula is C42H54N2O2S2. The van der Waals surface area contributed by atoms with Crippen molar-refractivity contribution in [1.82, 2.24) is 9.80 Å². The Morgan fingerprint density at radius 2 is 0.938 bits per heavy atom. The average molecular weight is 683 g/mol. The van der Waals surface area contributed by atoms with Gasteiger partial charge in [0.05, 0.1) is 23.1 Å². The highest BCUT2D eigenvalue weighted by molar-refractivity contribution is 8.00. The summed E-state index contributed by atoms with van der Waals surface area (Å²) < 4.78 is 25.0. The van der Waals surface area contributed by atoms with Crippen molar-refractivity contribution < 1.29 is 8.42 Å². The number of rotatable bonds is 16. The Labute approximate surface area is 294 Å². The third-order valence-corrected chi connectivity index (χ3v) is 13.1. The molecule has 4 aromatic rings. The number of hydrogen-bond donors (Lipinski definition) is 0. The third-order valence-electron chi connectivity index (χ3n) is 9.59. The molecule has 0 spiro atoms. The molecule has 0 unspecified atom stereocenters. The van der Waals surface area contributed by atoms with Gasteiger partial charge in [0.25, 0.3) is 0 Å². The van der Waals surface area contributed by atoms with Crippen LogP contribution in [0.5, 0.6) is 0 Å². The number of benzene rings is 4. The molecule has 2 saturated heterocycles. The summed E-state index contributed by atoms with van der Waals surface area (Å²) in [5, 5.41) is 0.612. The van der Waals surface area contributed by atoms with Gasteiger partial charge in [-0.2, -0.15) is 11.8 Å². The van der Waals surface area contributed by atoms with Gasteiger partial charge in [0, 0.05) is 31.4 Å². The Morgan fingerprint density at radius 3 is 1.33 bits per heavy atom. The van der Waals surface area contributed by atoms with Crippen molar-refractivity contribution >= 4 is 21.6 Å². The predicted octanol–water partition coefficient (Wildman–Crippen LogP) is 9.45. The molecule has 0 aromatic heterocycles. The van der Waals surface area contributed by atoms with Gasteiger partial charge in [-0.25, -0.2) is 8.42 Å². The minimum atomic E-state index is -2.97. The molecule has 0 N–H and O–H groups in total. The van der Waals surface area contributed by atoms with Gasteiger partial charge in [-0.1, -0.05) is 161 Å². The van der Waals surface area contributed by atoms with E-state index in [-0.39, 0.29) is 11.3 Å². The van der Waals surface area contributed by atoms with E-state index >= 15 is 0 Å². The van der Waals surface area contributed by atoms with Crippen LogP contribution in [0.4, 0.5) is 0 Å². The molecule has 6 rings (SSSR count). The van der Waals surface area contributed by atoms with E-state index in [0.717, 1.165) is 24.5 Å². The Bertz CT molecular complexity index is 1480. The van der Waals surface area contributed by atoms with Crippen LogP contribution in [0.3, 0.4) is 0 Å². The van der Waals surface area contributed by atoms with Crippen LogP contribution in [-0.4, -0.2) is 66.4 Å². The molecule has 0 aliphatic carbocycles. The van der Waals surface area contributed by atoms with Crippen LogP contribution in [0.25, 0.3) is 0 Å². The molecule has 2 heterocycles. The lowest BCUT2D eigenvalue weighted by Gasteiger charge is -2.44. The lowest BCUT2D eigenvalue weighted by atomic mass is 9.94. The second-order valence-electron chi connectivity index (χ2n) is 13.3. The first-order valence-electron chi connectivity index (χ1n) is 18.0. The van der Waals surface area contributed by atoms with Crippen LogP contribution in [0, 0.1) is 0 Å². The van der Waals surface area contributed by atoms with E-state index in [1.54, 1.807) is 0 Å². The summed E-state index contributed by atoms with van der Waals surface area (Å²) in [7, 11) is -2.97. The summed E-state index contributed by atoms with van der Waals surface area (Å²) in [5.41, 5.74) is 5.26. The zero-order valence-corrected chi connectivity index (χ0v) is 30.5. The lowest BCUT2D eigenvalue weighted by molar-refractivity contribution is 0.144. The second-order valence-corrected chi connectivity index (χ2v) is 17.1. The highest BCUT2D eigenvalue weighted by Gasteiger charge is 2.40. The van der Waals surface area contributed by atoms with Crippen molar-refractivity contribution in [2.75, 3.05) is 37.7 Å².